The van der Waals surface area contributed by atoms with Gasteiger partial charge in [-0.15, -0.1) is 0 Å². The van der Waals surface area contributed by atoms with Gasteiger partial charge in [-0.25, -0.2) is 18.4 Å². The maximum atomic E-state index is 11.9. The Morgan fingerprint density at radius 2 is 1.67 bits per heavy atom. The van der Waals surface area contributed by atoms with Crippen molar-refractivity contribution in [2.45, 2.75) is 32.4 Å². The first-order valence-electron chi connectivity index (χ1n) is 12.8. The minimum atomic E-state index is -3.15. The lowest BCUT2D eigenvalue weighted by Crippen LogP contribution is -2.47. The topological polar surface area (TPSA) is 82.0 Å². The molecular formula is C27H32N6O2S. The Kier molecular flexibility index (Phi) is 6.23. The molecule has 0 spiro atoms. The number of benzene rings is 2. The fraction of sp³-hybridized carbons (Fsp3) is 0.444. The van der Waals surface area contributed by atoms with Crippen LogP contribution in [0.5, 0.6) is 0 Å². The van der Waals surface area contributed by atoms with Crippen LogP contribution < -0.4 is 4.90 Å². The predicted octanol–water partition coefficient (Wildman–Crippen LogP) is 3.30. The lowest BCUT2D eigenvalue weighted by Gasteiger charge is -2.33. The van der Waals surface area contributed by atoms with Crippen molar-refractivity contribution >= 4 is 33.1 Å². The summed E-state index contributed by atoms with van der Waals surface area (Å²) in [5.41, 5.74) is 6.61. The van der Waals surface area contributed by atoms with Crippen molar-refractivity contribution < 1.29 is 8.42 Å². The molecule has 0 aliphatic carbocycles. The van der Waals surface area contributed by atoms with Crippen LogP contribution in [0.25, 0.3) is 22.2 Å². The normalized spacial score (nSPS) is 19.2. The number of piperazine rings is 1. The molecule has 4 heterocycles. The van der Waals surface area contributed by atoms with Gasteiger partial charge in [-0.05, 0) is 30.4 Å². The second kappa shape index (κ2) is 9.53. The summed E-state index contributed by atoms with van der Waals surface area (Å²) in [6.45, 7) is 5.89. The first-order valence-corrected chi connectivity index (χ1v) is 14.7. The van der Waals surface area contributed by atoms with Crippen molar-refractivity contribution in [3.8, 4) is 11.3 Å². The first kappa shape index (κ1) is 23.5. The molecule has 6 rings (SSSR count). The quantitative estimate of drug-likeness (QED) is 0.530. The number of piperidine rings is 1. The minimum Gasteiger partial charge on any atom is -0.341 e. The van der Waals surface area contributed by atoms with E-state index in [1.165, 1.54) is 18.2 Å². The SMILES string of the molecule is CS(=O)(=O)N1CCN(Cc2cccc3c(-c4cccc5c4C=NC5)nc(N4CCCCC4)nc23)CC1. The van der Waals surface area contributed by atoms with Crippen LogP contribution in [0.2, 0.25) is 0 Å². The molecule has 8 nitrogen and oxygen atoms in total. The Morgan fingerprint density at radius 1 is 0.889 bits per heavy atom. The summed E-state index contributed by atoms with van der Waals surface area (Å²) in [5, 5.41) is 1.05. The van der Waals surface area contributed by atoms with Gasteiger partial charge >= 0.3 is 0 Å². The molecule has 0 atom stereocenters. The molecule has 2 aromatic carbocycles. The Balaban J connectivity index is 1.42. The van der Waals surface area contributed by atoms with E-state index in [2.05, 4.69) is 51.2 Å². The molecule has 0 saturated carbocycles. The standard InChI is InChI=1S/C27H32N6O2S/c1-36(34,35)33-15-13-31(14-16-33)19-21-8-6-10-23-25(21)29-27(32-11-3-2-4-12-32)30-26(23)22-9-5-7-20-17-28-18-24(20)22/h5-10,18H,2-4,11-17,19H2,1H3. The number of fused-ring (bicyclic) bond motifs is 2. The highest BCUT2D eigenvalue weighted by Gasteiger charge is 2.25. The molecule has 9 heteroatoms. The third-order valence-electron chi connectivity index (χ3n) is 7.57. The second-order valence-electron chi connectivity index (χ2n) is 10.0. The van der Waals surface area contributed by atoms with Crippen LogP contribution in [0.4, 0.5) is 5.95 Å². The molecular weight excluding hydrogens is 472 g/mol. The third kappa shape index (κ3) is 4.51. The van der Waals surface area contributed by atoms with Crippen molar-refractivity contribution in [3.63, 3.8) is 0 Å². The molecule has 1 aromatic heterocycles. The summed E-state index contributed by atoms with van der Waals surface area (Å²) in [6, 6.07) is 12.8. The maximum absolute atomic E-state index is 11.9. The summed E-state index contributed by atoms with van der Waals surface area (Å²) >= 11 is 0. The van der Waals surface area contributed by atoms with Gasteiger partial charge in [0.25, 0.3) is 0 Å². The van der Waals surface area contributed by atoms with Crippen LogP contribution >= 0.6 is 0 Å². The van der Waals surface area contributed by atoms with E-state index in [9.17, 15) is 8.42 Å². The fourth-order valence-corrected chi connectivity index (χ4v) is 6.40. The van der Waals surface area contributed by atoms with E-state index in [0.29, 0.717) is 26.2 Å². The lowest BCUT2D eigenvalue weighted by atomic mass is 9.97. The van der Waals surface area contributed by atoms with E-state index in [1.807, 2.05) is 6.21 Å². The smallest absolute Gasteiger partial charge is 0.226 e. The Bertz CT molecular complexity index is 1420. The lowest BCUT2D eigenvalue weighted by molar-refractivity contribution is 0.182. The minimum absolute atomic E-state index is 0.526. The molecule has 188 valence electrons. The average molecular weight is 505 g/mol. The molecule has 0 amide bonds. The van der Waals surface area contributed by atoms with Gasteiger partial charge in [-0.2, -0.15) is 4.31 Å². The van der Waals surface area contributed by atoms with E-state index in [0.717, 1.165) is 78.3 Å². The van der Waals surface area contributed by atoms with Gasteiger partial charge in [0, 0.05) is 68.5 Å². The highest BCUT2D eigenvalue weighted by Crippen LogP contribution is 2.35. The largest absolute Gasteiger partial charge is 0.341 e. The van der Waals surface area contributed by atoms with Crippen molar-refractivity contribution in [1.29, 1.82) is 0 Å². The molecule has 0 radical (unpaired) electrons. The van der Waals surface area contributed by atoms with Gasteiger partial charge in [0.05, 0.1) is 24.0 Å². The maximum Gasteiger partial charge on any atom is 0.226 e. The molecule has 3 aromatic rings. The van der Waals surface area contributed by atoms with Gasteiger partial charge in [0.2, 0.25) is 16.0 Å². The second-order valence-corrected chi connectivity index (χ2v) is 12.0. The molecule has 2 fully saturated rings. The van der Waals surface area contributed by atoms with Crippen LogP contribution in [-0.4, -0.2) is 79.3 Å². The van der Waals surface area contributed by atoms with Gasteiger partial charge in [-0.1, -0.05) is 36.4 Å². The Morgan fingerprint density at radius 3 is 2.44 bits per heavy atom. The van der Waals surface area contributed by atoms with Crippen LogP contribution in [0.1, 0.15) is 36.0 Å². The van der Waals surface area contributed by atoms with Crippen molar-refractivity contribution in [1.82, 2.24) is 19.2 Å². The van der Waals surface area contributed by atoms with Crippen molar-refractivity contribution in [2.24, 2.45) is 4.99 Å². The molecule has 2 saturated heterocycles. The van der Waals surface area contributed by atoms with Gasteiger partial charge in [0.15, 0.2) is 0 Å². The number of aliphatic imine (C=N–C) groups is 1. The van der Waals surface area contributed by atoms with E-state index in [4.69, 9.17) is 9.97 Å². The van der Waals surface area contributed by atoms with Crippen LogP contribution in [0.3, 0.4) is 0 Å². The van der Waals surface area contributed by atoms with Crippen molar-refractivity contribution in [2.75, 3.05) is 50.4 Å². The number of nitrogens with zero attached hydrogens (tertiary/aromatic N) is 6. The molecule has 0 bridgehead atoms. The number of anilines is 1. The summed E-state index contributed by atoms with van der Waals surface area (Å²) in [5.74, 6) is 0.805. The Labute approximate surface area is 212 Å². The van der Waals surface area contributed by atoms with Gasteiger partial charge in [0.1, 0.15) is 0 Å². The van der Waals surface area contributed by atoms with E-state index in [-0.39, 0.29) is 0 Å². The zero-order chi connectivity index (χ0) is 24.7. The van der Waals surface area contributed by atoms with Crippen LogP contribution in [-0.2, 0) is 23.1 Å². The zero-order valence-electron chi connectivity index (χ0n) is 20.7. The summed E-state index contributed by atoms with van der Waals surface area (Å²) < 4.78 is 25.5. The third-order valence-corrected chi connectivity index (χ3v) is 8.87. The number of hydrogen-bond donors (Lipinski definition) is 0. The number of sulfonamides is 1. The van der Waals surface area contributed by atoms with E-state index >= 15 is 0 Å². The average Bonchev–Trinajstić information content (AvgIpc) is 3.38. The number of para-hydroxylation sites is 1. The van der Waals surface area contributed by atoms with Gasteiger partial charge in [-0.3, -0.25) is 9.89 Å². The monoisotopic (exact) mass is 504 g/mol. The number of aromatic nitrogens is 2. The summed E-state index contributed by atoms with van der Waals surface area (Å²) in [7, 11) is -3.15. The van der Waals surface area contributed by atoms with Crippen LogP contribution in [0, 0.1) is 0 Å². The van der Waals surface area contributed by atoms with Crippen molar-refractivity contribution in [3.05, 3.63) is 53.1 Å². The van der Waals surface area contributed by atoms with Crippen LogP contribution in [0.15, 0.2) is 41.4 Å². The highest BCUT2D eigenvalue weighted by atomic mass is 32.2. The summed E-state index contributed by atoms with van der Waals surface area (Å²) in [6.07, 6.45) is 6.85. The zero-order valence-corrected chi connectivity index (χ0v) is 21.5. The molecule has 3 aliphatic heterocycles. The number of hydrogen-bond acceptors (Lipinski definition) is 7. The molecule has 0 N–H and O–H groups in total. The first-order chi connectivity index (χ1) is 17.5. The fourth-order valence-electron chi connectivity index (χ4n) is 5.57. The molecule has 36 heavy (non-hydrogen) atoms. The highest BCUT2D eigenvalue weighted by molar-refractivity contribution is 7.88. The molecule has 3 aliphatic rings. The summed E-state index contributed by atoms with van der Waals surface area (Å²) in [4.78, 5) is 19.5. The van der Waals surface area contributed by atoms with E-state index < -0.39 is 10.0 Å². The van der Waals surface area contributed by atoms with E-state index in [1.54, 1.807) is 4.31 Å². The number of rotatable bonds is 5. The van der Waals surface area contributed by atoms with Gasteiger partial charge < -0.3 is 4.90 Å². The Hall–Kier alpha value is -2.88. The molecule has 0 unspecified atom stereocenters. The predicted molar refractivity (Wildman–Crippen MR) is 144 cm³/mol.